The van der Waals surface area contributed by atoms with Crippen molar-refractivity contribution in [1.29, 1.82) is 0 Å². The fourth-order valence-corrected chi connectivity index (χ4v) is 0.886. The molecule has 1 rings (SSSR count). The summed E-state index contributed by atoms with van der Waals surface area (Å²) in [6.45, 7) is 2.09. The highest BCUT2D eigenvalue weighted by Crippen LogP contribution is 2.00. The molecular weight excluding hydrogens is 160 g/mol. The van der Waals surface area contributed by atoms with Crippen LogP contribution < -0.4 is 5.43 Å². The first-order valence-electron chi connectivity index (χ1n) is 3.72. The molecule has 1 N–H and O–H groups in total. The van der Waals surface area contributed by atoms with Gasteiger partial charge in [-0.25, -0.2) is 5.43 Å². The maximum atomic E-state index is 10.9. The second-order valence-corrected chi connectivity index (χ2v) is 2.37. The zero-order valence-corrected chi connectivity index (χ0v) is 6.79. The van der Waals surface area contributed by atoms with E-state index in [1.54, 1.807) is 6.92 Å². The topological polar surface area (TPSA) is 67.8 Å². The fourth-order valence-electron chi connectivity index (χ4n) is 0.886. The van der Waals surface area contributed by atoms with Crippen LogP contribution in [-0.2, 0) is 14.3 Å². The van der Waals surface area contributed by atoms with E-state index in [0.29, 0.717) is 12.3 Å². The van der Waals surface area contributed by atoms with Crippen LogP contribution in [0.3, 0.4) is 0 Å². The van der Waals surface area contributed by atoms with E-state index >= 15 is 0 Å². The first kappa shape index (κ1) is 8.70. The number of hydrogen-bond donors (Lipinski definition) is 1. The molecule has 1 amide bonds. The van der Waals surface area contributed by atoms with Gasteiger partial charge in [0.2, 0.25) is 5.91 Å². The van der Waals surface area contributed by atoms with Gasteiger partial charge in [0.25, 0.3) is 0 Å². The van der Waals surface area contributed by atoms with Gasteiger partial charge in [-0.15, -0.1) is 0 Å². The van der Waals surface area contributed by atoms with Crippen LogP contribution in [0.4, 0.5) is 0 Å². The van der Waals surface area contributed by atoms with Gasteiger partial charge in [-0.1, -0.05) is 0 Å². The van der Waals surface area contributed by atoms with E-state index < -0.39 is 0 Å². The number of ether oxygens (including phenoxy) is 1. The molecule has 12 heavy (non-hydrogen) atoms. The van der Waals surface area contributed by atoms with E-state index in [2.05, 4.69) is 15.3 Å². The Bertz CT molecular complexity index is 235. The van der Waals surface area contributed by atoms with Crippen LogP contribution in [0.15, 0.2) is 5.10 Å². The summed E-state index contributed by atoms with van der Waals surface area (Å²) in [4.78, 5) is 21.5. The smallest absolute Gasteiger partial charge is 0.311 e. The second-order valence-electron chi connectivity index (χ2n) is 2.37. The zero-order chi connectivity index (χ0) is 8.97. The van der Waals surface area contributed by atoms with Crippen molar-refractivity contribution in [2.24, 2.45) is 5.10 Å². The minimum atomic E-state index is -0.340. The number of esters is 1. The standard InChI is InChI=1S/C7H10N2O3/c1-2-12-7(11)4-5-3-6(10)9-8-5/h2-4H2,1H3,(H,9,10). The molecule has 0 radical (unpaired) electrons. The van der Waals surface area contributed by atoms with Crippen LogP contribution >= 0.6 is 0 Å². The highest BCUT2D eigenvalue weighted by molar-refractivity contribution is 6.10. The third-order valence-corrected chi connectivity index (χ3v) is 1.36. The van der Waals surface area contributed by atoms with Gasteiger partial charge < -0.3 is 4.74 Å². The van der Waals surface area contributed by atoms with Crippen LogP contribution in [0.25, 0.3) is 0 Å². The van der Waals surface area contributed by atoms with E-state index in [1.807, 2.05) is 0 Å². The number of rotatable bonds is 3. The van der Waals surface area contributed by atoms with Crippen molar-refractivity contribution in [2.45, 2.75) is 19.8 Å². The van der Waals surface area contributed by atoms with Gasteiger partial charge in [-0.05, 0) is 6.92 Å². The third kappa shape index (κ3) is 2.34. The number of amides is 1. The quantitative estimate of drug-likeness (QED) is 0.597. The van der Waals surface area contributed by atoms with Crippen molar-refractivity contribution in [3.63, 3.8) is 0 Å². The Balaban J connectivity index is 2.32. The molecule has 0 unspecified atom stereocenters. The Morgan fingerprint density at radius 1 is 1.75 bits per heavy atom. The molecule has 0 aromatic heterocycles. The summed E-state index contributed by atoms with van der Waals surface area (Å²) in [5, 5.41) is 3.66. The van der Waals surface area contributed by atoms with Crippen molar-refractivity contribution < 1.29 is 14.3 Å². The van der Waals surface area contributed by atoms with Crippen LogP contribution in [0.2, 0.25) is 0 Å². The van der Waals surface area contributed by atoms with E-state index in [1.165, 1.54) is 0 Å². The average Bonchev–Trinajstić information content (AvgIpc) is 2.36. The largest absolute Gasteiger partial charge is 0.466 e. The Hall–Kier alpha value is -1.39. The Morgan fingerprint density at radius 2 is 2.50 bits per heavy atom. The van der Waals surface area contributed by atoms with Crippen molar-refractivity contribution in [3.05, 3.63) is 0 Å². The number of carbonyl (C=O) groups excluding carboxylic acids is 2. The molecule has 0 atom stereocenters. The van der Waals surface area contributed by atoms with Gasteiger partial charge in [0.15, 0.2) is 0 Å². The van der Waals surface area contributed by atoms with Crippen molar-refractivity contribution >= 4 is 17.6 Å². The molecule has 1 aliphatic heterocycles. The molecule has 0 fully saturated rings. The predicted octanol–water partition coefficient (Wildman–Crippen LogP) is -0.185. The Labute approximate surface area is 69.8 Å². The average molecular weight is 170 g/mol. The monoisotopic (exact) mass is 170 g/mol. The maximum Gasteiger partial charge on any atom is 0.311 e. The summed E-state index contributed by atoms with van der Waals surface area (Å²) in [5.74, 6) is -0.512. The number of nitrogens with one attached hydrogen (secondary N) is 1. The summed E-state index contributed by atoms with van der Waals surface area (Å²) >= 11 is 0. The molecular formula is C7H10N2O3. The summed E-state index contributed by atoms with van der Waals surface area (Å²) in [6, 6.07) is 0. The maximum absolute atomic E-state index is 10.9. The molecule has 66 valence electrons. The molecule has 5 nitrogen and oxygen atoms in total. The van der Waals surface area contributed by atoms with Gasteiger partial charge in [0.05, 0.1) is 25.2 Å². The Kier molecular flexibility index (Phi) is 2.79. The van der Waals surface area contributed by atoms with Gasteiger partial charge in [-0.2, -0.15) is 5.10 Å². The number of carbonyl (C=O) groups is 2. The van der Waals surface area contributed by atoms with Gasteiger partial charge in [0.1, 0.15) is 0 Å². The van der Waals surface area contributed by atoms with E-state index in [0.717, 1.165) is 0 Å². The van der Waals surface area contributed by atoms with Gasteiger partial charge in [0, 0.05) is 0 Å². The summed E-state index contributed by atoms with van der Waals surface area (Å²) < 4.78 is 4.68. The molecule has 0 saturated carbocycles. The lowest BCUT2D eigenvalue weighted by molar-refractivity contribution is -0.141. The first-order valence-corrected chi connectivity index (χ1v) is 3.72. The van der Waals surface area contributed by atoms with Crippen molar-refractivity contribution in [3.8, 4) is 0 Å². The second kappa shape index (κ2) is 3.85. The normalized spacial score (nSPS) is 15.4. The molecule has 0 aromatic rings. The summed E-state index contributed by atoms with van der Waals surface area (Å²) in [5.41, 5.74) is 2.80. The minimum Gasteiger partial charge on any atom is -0.466 e. The molecule has 0 spiro atoms. The highest BCUT2D eigenvalue weighted by atomic mass is 16.5. The van der Waals surface area contributed by atoms with Gasteiger partial charge >= 0.3 is 5.97 Å². The van der Waals surface area contributed by atoms with Crippen LogP contribution in [0.1, 0.15) is 19.8 Å². The number of hydrazone groups is 1. The fraction of sp³-hybridized carbons (Fsp3) is 0.571. The van der Waals surface area contributed by atoms with Crippen molar-refractivity contribution in [1.82, 2.24) is 5.43 Å². The Morgan fingerprint density at radius 3 is 3.00 bits per heavy atom. The summed E-state index contributed by atoms with van der Waals surface area (Å²) in [7, 11) is 0. The molecule has 0 aromatic carbocycles. The van der Waals surface area contributed by atoms with Gasteiger partial charge in [-0.3, -0.25) is 9.59 Å². The SMILES string of the molecule is CCOC(=O)CC1=NNC(=O)C1. The third-order valence-electron chi connectivity index (χ3n) is 1.36. The van der Waals surface area contributed by atoms with E-state index in [-0.39, 0.29) is 24.7 Å². The molecule has 0 saturated heterocycles. The van der Waals surface area contributed by atoms with Crippen LogP contribution in [0, 0.1) is 0 Å². The minimum absolute atomic E-state index is 0.104. The van der Waals surface area contributed by atoms with E-state index in [9.17, 15) is 9.59 Å². The molecule has 0 bridgehead atoms. The lowest BCUT2D eigenvalue weighted by Crippen LogP contribution is -2.11. The first-order chi connectivity index (χ1) is 5.72. The molecule has 0 aliphatic carbocycles. The van der Waals surface area contributed by atoms with Crippen molar-refractivity contribution in [2.75, 3.05) is 6.61 Å². The zero-order valence-electron chi connectivity index (χ0n) is 6.79. The lowest BCUT2D eigenvalue weighted by atomic mass is 10.2. The lowest BCUT2D eigenvalue weighted by Gasteiger charge is -1.98. The molecule has 5 heteroatoms. The summed E-state index contributed by atoms with van der Waals surface area (Å²) in [6.07, 6.45) is 0.311. The van der Waals surface area contributed by atoms with Crippen LogP contribution in [0.5, 0.6) is 0 Å². The molecule has 1 aliphatic rings. The molecule has 1 heterocycles. The van der Waals surface area contributed by atoms with Crippen LogP contribution in [-0.4, -0.2) is 24.2 Å². The number of hydrogen-bond acceptors (Lipinski definition) is 4. The highest BCUT2D eigenvalue weighted by Gasteiger charge is 2.17. The van der Waals surface area contributed by atoms with E-state index in [4.69, 9.17) is 0 Å². The predicted molar refractivity (Wildman–Crippen MR) is 41.4 cm³/mol. The number of nitrogens with zero attached hydrogens (tertiary/aromatic N) is 1.